The summed E-state index contributed by atoms with van der Waals surface area (Å²) in [5.74, 6) is 0.557. The second-order valence-corrected chi connectivity index (χ2v) is 12.6. The Labute approximate surface area is 260 Å². The van der Waals surface area contributed by atoms with Crippen LogP contribution in [-0.4, -0.2) is 65.1 Å². The number of carbonyl (C=O) groups excluding carboxylic acids is 2. The molecule has 1 aliphatic carbocycles. The van der Waals surface area contributed by atoms with Crippen LogP contribution in [0.2, 0.25) is 0 Å². The second kappa shape index (κ2) is 15.0. The van der Waals surface area contributed by atoms with Crippen LogP contribution in [0, 0.1) is 0 Å². The fraction of sp³-hybridized carbons (Fsp3) is 0.394. The molecule has 0 bridgehead atoms. The zero-order valence-corrected chi connectivity index (χ0v) is 26.5. The minimum absolute atomic E-state index is 0.0207. The van der Waals surface area contributed by atoms with Gasteiger partial charge in [-0.3, -0.25) is 13.9 Å². The van der Waals surface area contributed by atoms with Crippen LogP contribution in [0.1, 0.15) is 44.6 Å². The summed E-state index contributed by atoms with van der Waals surface area (Å²) in [4.78, 5) is 29.1. The van der Waals surface area contributed by atoms with Crippen molar-refractivity contribution >= 4 is 27.5 Å². The Hall–Kier alpha value is -4.25. The van der Waals surface area contributed by atoms with Gasteiger partial charge in [-0.1, -0.05) is 49.6 Å². The Bertz CT molecular complexity index is 1510. The number of nitrogens with one attached hydrogen (secondary N) is 1. The van der Waals surface area contributed by atoms with Gasteiger partial charge in [-0.2, -0.15) is 0 Å². The molecule has 0 unspecified atom stereocenters. The Morgan fingerprint density at radius 2 is 1.52 bits per heavy atom. The van der Waals surface area contributed by atoms with E-state index >= 15 is 0 Å². The molecule has 1 N–H and O–H groups in total. The van der Waals surface area contributed by atoms with Gasteiger partial charge in [-0.25, -0.2) is 8.42 Å². The lowest BCUT2D eigenvalue weighted by molar-refractivity contribution is -0.139. The molecule has 11 heteroatoms. The number of rotatable bonds is 13. The van der Waals surface area contributed by atoms with E-state index in [1.54, 1.807) is 56.5 Å². The van der Waals surface area contributed by atoms with Gasteiger partial charge in [0.15, 0.2) is 11.5 Å². The highest BCUT2D eigenvalue weighted by Crippen LogP contribution is 2.34. The van der Waals surface area contributed by atoms with Crippen molar-refractivity contribution < 1.29 is 32.2 Å². The van der Waals surface area contributed by atoms with E-state index < -0.39 is 28.5 Å². The first kappa shape index (κ1) is 32.7. The largest absolute Gasteiger partial charge is 0.497 e. The lowest BCUT2D eigenvalue weighted by Gasteiger charge is -2.33. The van der Waals surface area contributed by atoms with Crippen molar-refractivity contribution in [3.8, 4) is 17.2 Å². The van der Waals surface area contributed by atoms with Crippen LogP contribution in [-0.2, 0) is 26.2 Å². The van der Waals surface area contributed by atoms with Crippen molar-refractivity contribution in [2.75, 3.05) is 32.2 Å². The van der Waals surface area contributed by atoms with E-state index in [9.17, 15) is 18.0 Å². The molecule has 10 nitrogen and oxygen atoms in total. The SMILES string of the molecule is COc1ccc(CN(C(=O)CN(c2ccc(OC)c(OC)c2)S(=O)(=O)c2ccccc2)[C@@H](C)C(=O)NC2CCCCC2)cc1. The van der Waals surface area contributed by atoms with Crippen LogP contribution < -0.4 is 23.8 Å². The highest BCUT2D eigenvalue weighted by Gasteiger charge is 2.33. The van der Waals surface area contributed by atoms with Crippen molar-refractivity contribution in [3.63, 3.8) is 0 Å². The number of hydrogen-bond donors (Lipinski definition) is 1. The molecule has 0 aromatic heterocycles. The summed E-state index contributed by atoms with van der Waals surface area (Å²) in [6.45, 7) is 1.21. The van der Waals surface area contributed by atoms with Crippen LogP contribution in [0.5, 0.6) is 17.2 Å². The highest BCUT2D eigenvalue weighted by molar-refractivity contribution is 7.92. The zero-order chi connectivity index (χ0) is 31.7. The Balaban J connectivity index is 1.70. The third-order valence-electron chi connectivity index (χ3n) is 7.90. The van der Waals surface area contributed by atoms with E-state index in [1.807, 2.05) is 12.1 Å². The molecule has 4 rings (SSSR count). The minimum Gasteiger partial charge on any atom is -0.497 e. The summed E-state index contributed by atoms with van der Waals surface area (Å²) in [5, 5.41) is 3.11. The molecule has 0 saturated heterocycles. The van der Waals surface area contributed by atoms with Gasteiger partial charge >= 0.3 is 0 Å². The number of sulfonamides is 1. The normalized spacial score (nSPS) is 14.3. The minimum atomic E-state index is -4.21. The molecule has 1 saturated carbocycles. The molecule has 0 spiro atoms. The predicted octanol–water partition coefficient (Wildman–Crippen LogP) is 4.77. The number of nitrogens with zero attached hydrogens (tertiary/aromatic N) is 2. The first-order chi connectivity index (χ1) is 21.2. The van der Waals surface area contributed by atoms with Gasteiger partial charge < -0.3 is 24.4 Å². The maximum Gasteiger partial charge on any atom is 0.264 e. The lowest BCUT2D eigenvalue weighted by atomic mass is 9.95. The number of ether oxygens (including phenoxy) is 3. The monoisotopic (exact) mass is 623 g/mol. The summed E-state index contributed by atoms with van der Waals surface area (Å²) in [6, 6.07) is 18.9. The van der Waals surface area contributed by atoms with Crippen LogP contribution >= 0.6 is 0 Å². The number of hydrogen-bond acceptors (Lipinski definition) is 7. The fourth-order valence-corrected chi connectivity index (χ4v) is 6.73. The van der Waals surface area contributed by atoms with Crippen molar-refractivity contribution in [1.82, 2.24) is 10.2 Å². The molecule has 3 aromatic rings. The summed E-state index contributed by atoms with van der Waals surface area (Å²) in [5.41, 5.74) is 0.976. The van der Waals surface area contributed by atoms with E-state index in [1.165, 1.54) is 37.3 Å². The molecule has 0 radical (unpaired) electrons. The molecule has 2 amide bonds. The smallest absolute Gasteiger partial charge is 0.264 e. The molecule has 1 fully saturated rings. The Kier molecular flexibility index (Phi) is 11.1. The van der Waals surface area contributed by atoms with Crippen LogP contribution in [0.15, 0.2) is 77.7 Å². The molecule has 236 valence electrons. The van der Waals surface area contributed by atoms with Gasteiger partial charge in [-0.05, 0) is 61.7 Å². The van der Waals surface area contributed by atoms with Crippen LogP contribution in [0.25, 0.3) is 0 Å². The molecule has 1 aliphatic rings. The lowest BCUT2D eigenvalue weighted by Crippen LogP contribution is -2.53. The average Bonchev–Trinajstić information content (AvgIpc) is 3.06. The van der Waals surface area contributed by atoms with Gasteiger partial charge in [0.05, 0.1) is 31.9 Å². The molecule has 3 aromatic carbocycles. The molecule has 1 atom stereocenters. The first-order valence-corrected chi connectivity index (χ1v) is 16.1. The maximum absolute atomic E-state index is 14.2. The molecular formula is C33H41N3O7S. The van der Waals surface area contributed by atoms with Gasteiger partial charge in [0.1, 0.15) is 18.3 Å². The zero-order valence-electron chi connectivity index (χ0n) is 25.7. The molecule has 0 aliphatic heterocycles. The van der Waals surface area contributed by atoms with Crippen LogP contribution in [0.3, 0.4) is 0 Å². The van der Waals surface area contributed by atoms with Crippen molar-refractivity contribution in [2.24, 2.45) is 0 Å². The van der Waals surface area contributed by atoms with E-state index in [2.05, 4.69) is 5.32 Å². The fourth-order valence-electron chi connectivity index (χ4n) is 5.31. The van der Waals surface area contributed by atoms with Gasteiger partial charge in [0, 0.05) is 18.7 Å². The first-order valence-electron chi connectivity index (χ1n) is 14.7. The van der Waals surface area contributed by atoms with Crippen molar-refractivity contribution in [2.45, 2.75) is 62.6 Å². The molecular weight excluding hydrogens is 582 g/mol. The second-order valence-electron chi connectivity index (χ2n) is 10.8. The van der Waals surface area contributed by atoms with E-state index in [4.69, 9.17) is 14.2 Å². The molecule has 44 heavy (non-hydrogen) atoms. The van der Waals surface area contributed by atoms with E-state index in [0.29, 0.717) is 17.2 Å². The highest BCUT2D eigenvalue weighted by atomic mass is 32.2. The molecule has 0 heterocycles. The standard InChI is InChI=1S/C33H41N3O7S/c1-24(33(38)34-26-11-7-5-8-12-26)35(22-25-15-18-28(41-2)19-16-25)32(37)23-36(44(39,40)29-13-9-6-10-14-29)27-17-20-30(42-3)31(21-27)43-4/h6,9-10,13-21,24,26H,5,7-8,11-12,22-23H2,1-4H3,(H,34,38)/t24-/m0/s1. The number of benzene rings is 3. The van der Waals surface area contributed by atoms with E-state index in [0.717, 1.165) is 42.0 Å². The number of methoxy groups -OCH3 is 3. The van der Waals surface area contributed by atoms with Crippen molar-refractivity contribution in [1.29, 1.82) is 0 Å². The average molecular weight is 624 g/mol. The topological polar surface area (TPSA) is 114 Å². The maximum atomic E-state index is 14.2. The quantitative estimate of drug-likeness (QED) is 0.292. The number of carbonyl (C=O) groups is 2. The van der Waals surface area contributed by atoms with Crippen molar-refractivity contribution in [3.05, 3.63) is 78.4 Å². The predicted molar refractivity (Wildman–Crippen MR) is 169 cm³/mol. The summed E-state index contributed by atoms with van der Waals surface area (Å²) >= 11 is 0. The number of anilines is 1. The van der Waals surface area contributed by atoms with Gasteiger partial charge in [0.2, 0.25) is 11.8 Å². The summed E-state index contributed by atoms with van der Waals surface area (Å²) in [7, 11) is 0.295. The summed E-state index contributed by atoms with van der Waals surface area (Å²) < 4.78 is 45.1. The van der Waals surface area contributed by atoms with E-state index in [-0.39, 0.29) is 29.1 Å². The third-order valence-corrected chi connectivity index (χ3v) is 9.68. The Morgan fingerprint density at radius 1 is 0.864 bits per heavy atom. The van der Waals surface area contributed by atoms with Gasteiger partial charge in [0.25, 0.3) is 10.0 Å². The summed E-state index contributed by atoms with van der Waals surface area (Å²) in [6.07, 6.45) is 5.03. The van der Waals surface area contributed by atoms with Gasteiger partial charge in [-0.15, -0.1) is 0 Å². The Morgan fingerprint density at radius 3 is 2.14 bits per heavy atom. The number of amides is 2. The van der Waals surface area contributed by atoms with Crippen LogP contribution in [0.4, 0.5) is 5.69 Å². The third kappa shape index (κ3) is 7.82.